The number of rotatable bonds is 66. The van der Waals surface area contributed by atoms with Gasteiger partial charge in [-0.3, -0.25) is 4.79 Å². The van der Waals surface area contributed by atoms with E-state index >= 15 is 0 Å². The topological polar surface area (TPSA) is 149 Å². The molecule has 0 saturated carbocycles. The number of carbonyl (C=O) groups is 1. The highest BCUT2D eigenvalue weighted by molar-refractivity contribution is 5.76. The Bertz CT molecular complexity index is 1800. The summed E-state index contributed by atoms with van der Waals surface area (Å²) in [5.74, 6) is -0.150. The third-order valence-corrected chi connectivity index (χ3v) is 17.6. The number of unbranched alkanes of at least 4 members (excludes halogenated alkanes) is 38. The van der Waals surface area contributed by atoms with Crippen LogP contribution in [-0.2, 0) is 14.3 Å². The van der Waals surface area contributed by atoms with Crippen molar-refractivity contribution < 1.29 is 39.8 Å². The van der Waals surface area contributed by atoms with Crippen molar-refractivity contribution in [3.63, 3.8) is 0 Å². The summed E-state index contributed by atoms with van der Waals surface area (Å²) in [5.41, 5.74) is 0. The molecule has 7 atom stereocenters. The normalized spacial score (nSPS) is 18.4. The van der Waals surface area contributed by atoms with E-state index in [1.54, 1.807) is 0 Å². The molecule has 1 amide bonds. The van der Waals surface area contributed by atoms with Gasteiger partial charge in [0, 0.05) is 6.42 Å². The second kappa shape index (κ2) is 68.7. The van der Waals surface area contributed by atoms with Crippen LogP contribution >= 0.6 is 0 Å². The fraction of sp³-hybridized carbons (Fsp3) is 0.765. The third kappa shape index (κ3) is 56.4. The Labute approximate surface area is 555 Å². The first-order valence-electron chi connectivity index (χ1n) is 38.1. The molecular formula is C81H143NO8. The molecule has 0 spiro atoms. The van der Waals surface area contributed by atoms with E-state index in [0.29, 0.717) is 12.8 Å². The van der Waals surface area contributed by atoms with Crippen molar-refractivity contribution in [1.29, 1.82) is 0 Å². The van der Waals surface area contributed by atoms with Crippen LogP contribution in [0.1, 0.15) is 341 Å². The molecule has 0 radical (unpaired) electrons. The molecule has 1 heterocycles. The Morgan fingerprint density at radius 2 is 0.689 bits per heavy atom. The summed E-state index contributed by atoms with van der Waals surface area (Å²) in [5, 5.41) is 55.0. The highest BCUT2D eigenvalue weighted by atomic mass is 16.7. The molecule has 1 saturated heterocycles. The number of hydrogen-bond donors (Lipinski definition) is 6. The first-order chi connectivity index (χ1) is 44.3. The quantitative estimate of drug-likeness (QED) is 0.0261. The molecule has 9 heteroatoms. The Balaban J connectivity index is 2.12. The van der Waals surface area contributed by atoms with E-state index in [-0.39, 0.29) is 12.5 Å². The van der Waals surface area contributed by atoms with E-state index in [4.69, 9.17) is 9.47 Å². The SMILES string of the molecule is CC/C=C\C/C=C\C/C=C\C/C=C\C/C=C\C/C=C\C/C=C\C/C=C\C/C=C\CCCCCCCCCCCC(=O)NC(COC1OC(CO)C(O)C(O)C1O)C(O)CCCCCCCCCCCCCCCCCCCCCCCCCCCCCCCC. The zero-order valence-corrected chi connectivity index (χ0v) is 58.4. The number of aliphatic hydroxyl groups is 5. The minimum atomic E-state index is -1.56. The van der Waals surface area contributed by atoms with Crippen molar-refractivity contribution in [2.75, 3.05) is 13.2 Å². The van der Waals surface area contributed by atoms with E-state index in [0.717, 1.165) is 103 Å². The van der Waals surface area contributed by atoms with Gasteiger partial charge in [0.25, 0.3) is 0 Å². The standard InChI is InChI=1S/C81H143NO8/c1-3-5-7-9-11-13-15-17-19-21-23-25-27-29-31-33-35-36-37-38-39-40-41-43-45-47-49-51-53-55-57-59-61-63-65-67-69-71-77(85)82-74(73-89-81-80(88)79(87)78(86)76(72-83)90-81)75(84)70-68-66-64-62-60-58-56-54-52-50-48-46-44-42-34-32-30-28-26-24-22-20-18-16-14-12-10-8-6-4-2/h5,7,11,13,17,19,23,25,29,31,35-36,38-39,41,43,47,49,74-76,78-81,83-84,86-88H,3-4,6,8-10,12,14-16,18,20-22,24,26-28,30,32-34,37,40,42,44-46,48,50-73H2,1-2H3,(H,82,85)/b7-5-,13-11-,19-17-,25-23-,31-29-,36-35-,39-38-,43-41-,49-47-. The van der Waals surface area contributed by atoms with E-state index in [9.17, 15) is 30.3 Å². The molecule has 90 heavy (non-hydrogen) atoms. The van der Waals surface area contributed by atoms with Gasteiger partial charge in [0.1, 0.15) is 24.4 Å². The molecule has 0 aromatic rings. The van der Waals surface area contributed by atoms with Crippen molar-refractivity contribution >= 4 is 5.91 Å². The van der Waals surface area contributed by atoms with Crippen LogP contribution in [0.3, 0.4) is 0 Å². The molecule has 520 valence electrons. The van der Waals surface area contributed by atoms with Gasteiger partial charge in [0.2, 0.25) is 5.91 Å². The zero-order valence-electron chi connectivity index (χ0n) is 58.4. The number of ether oxygens (including phenoxy) is 2. The van der Waals surface area contributed by atoms with Gasteiger partial charge in [-0.25, -0.2) is 0 Å². The zero-order chi connectivity index (χ0) is 64.9. The molecule has 0 aliphatic carbocycles. The second-order valence-corrected chi connectivity index (χ2v) is 26.1. The van der Waals surface area contributed by atoms with Gasteiger partial charge >= 0.3 is 0 Å². The van der Waals surface area contributed by atoms with Crippen LogP contribution in [0.25, 0.3) is 0 Å². The summed E-state index contributed by atoms with van der Waals surface area (Å²) in [7, 11) is 0. The molecule has 7 unspecified atom stereocenters. The van der Waals surface area contributed by atoms with Crippen molar-refractivity contribution in [3.8, 4) is 0 Å². The van der Waals surface area contributed by atoms with Crippen molar-refractivity contribution in [2.45, 2.75) is 384 Å². The second-order valence-electron chi connectivity index (χ2n) is 26.1. The smallest absolute Gasteiger partial charge is 0.220 e. The van der Waals surface area contributed by atoms with Crippen molar-refractivity contribution in [2.24, 2.45) is 0 Å². The van der Waals surface area contributed by atoms with Gasteiger partial charge in [-0.15, -0.1) is 0 Å². The fourth-order valence-electron chi connectivity index (χ4n) is 11.7. The van der Waals surface area contributed by atoms with Gasteiger partial charge in [-0.2, -0.15) is 0 Å². The fourth-order valence-corrected chi connectivity index (χ4v) is 11.7. The van der Waals surface area contributed by atoms with Crippen LogP contribution < -0.4 is 5.32 Å². The van der Waals surface area contributed by atoms with Crippen LogP contribution in [0.4, 0.5) is 0 Å². The van der Waals surface area contributed by atoms with Crippen LogP contribution in [-0.4, -0.2) is 87.5 Å². The lowest BCUT2D eigenvalue weighted by Gasteiger charge is -2.40. The lowest BCUT2D eigenvalue weighted by atomic mass is 9.99. The Morgan fingerprint density at radius 3 is 1.02 bits per heavy atom. The summed E-state index contributed by atoms with van der Waals surface area (Å²) in [4.78, 5) is 13.2. The molecule has 1 aliphatic rings. The first kappa shape index (κ1) is 84.9. The van der Waals surface area contributed by atoms with Gasteiger partial charge in [0.15, 0.2) is 6.29 Å². The lowest BCUT2D eigenvalue weighted by molar-refractivity contribution is -0.302. The summed E-state index contributed by atoms with van der Waals surface area (Å²) >= 11 is 0. The number of allylic oxidation sites excluding steroid dienone is 18. The maximum atomic E-state index is 13.2. The minimum Gasteiger partial charge on any atom is -0.394 e. The van der Waals surface area contributed by atoms with Crippen LogP contribution in [0, 0.1) is 0 Å². The van der Waals surface area contributed by atoms with E-state index in [2.05, 4.69) is 129 Å². The first-order valence-corrected chi connectivity index (χ1v) is 38.1. The van der Waals surface area contributed by atoms with E-state index < -0.39 is 49.5 Å². The summed E-state index contributed by atoms with van der Waals surface area (Å²) in [6.45, 7) is 3.76. The molecule has 0 bridgehead atoms. The summed E-state index contributed by atoms with van der Waals surface area (Å²) in [6.07, 6.45) is 94.5. The number of amides is 1. The van der Waals surface area contributed by atoms with Gasteiger partial charge in [-0.05, 0) is 83.5 Å². The molecule has 1 fully saturated rings. The molecule has 9 nitrogen and oxygen atoms in total. The van der Waals surface area contributed by atoms with Gasteiger partial charge in [0.05, 0.1) is 25.4 Å². The molecule has 0 aromatic heterocycles. The minimum absolute atomic E-state index is 0.144. The average molecular weight is 1260 g/mol. The number of carbonyl (C=O) groups excluding carboxylic acids is 1. The van der Waals surface area contributed by atoms with Crippen molar-refractivity contribution in [1.82, 2.24) is 5.32 Å². The lowest BCUT2D eigenvalue weighted by Crippen LogP contribution is -2.60. The highest BCUT2D eigenvalue weighted by Gasteiger charge is 2.44. The number of nitrogens with one attached hydrogen (secondary N) is 1. The predicted molar refractivity (Wildman–Crippen MR) is 387 cm³/mol. The number of aliphatic hydroxyl groups excluding tert-OH is 5. The Kier molecular flexibility index (Phi) is 64.8. The summed E-state index contributed by atoms with van der Waals surface area (Å²) < 4.78 is 11.4. The maximum Gasteiger partial charge on any atom is 0.220 e. The maximum absolute atomic E-state index is 13.2. The van der Waals surface area contributed by atoms with E-state index in [1.165, 1.54) is 212 Å². The molecule has 1 aliphatic heterocycles. The van der Waals surface area contributed by atoms with Crippen LogP contribution in [0.15, 0.2) is 109 Å². The molecule has 1 rings (SSSR count). The van der Waals surface area contributed by atoms with Gasteiger partial charge < -0.3 is 40.3 Å². The van der Waals surface area contributed by atoms with Gasteiger partial charge in [-0.1, -0.05) is 361 Å². The number of hydrogen-bond acceptors (Lipinski definition) is 8. The summed E-state index contributed by atoms with van der Waals surface area (Å²) in [6, 6.07) is -0.732. The molecule has 6 N–H and O–H groups in total. The van der Waals surface area contributed by atoms with Crippen LogP contribution in [0.2, 0.25) is 0 Å². The third-order valence-electron chi connectivity index (χ3n) is 17.6. The Hall–Kier alpha value is -3.15. The molecular weight excluding hydrogens is 1110 g/mol. The highest BCUT2D eigenvalue weighted by Crippen LogP contribution is 2.24. The predicted octanol–water partition coefficient (Wildman–Crippen LogP) is 21.6. The average Bonchev–Trinajstić information content (AvgIpc) is 1.28. The van der Waals surface area contributed by atoms with Crippen molar-refractivity contribution in [3.05, 3.63) is 109 Å². The van der Waals surface area contributed by atoms with Crippen LogP contribution in [0.5, 0.6) is 0 Å². The van der Waals surface area contributed by atoms with E-state index in [1.807, 2.05) is 0 Å². The Morgan fingerprint density at radius 1 is 0.389 bits per heavy atom. The largest absolute Gasteiger partial charge is 0.394 e. The molecule has 0 aromatic carbocycles. The monoisotopic (exact) mass is 1260 g/mol.